The van der Waals surface area contributed by atoms with Crippen molar-refractivity contribution in [2.45, 2.75) is 58.8 Å². The molecule has 0 saturated heterocycles. The zero-order chi connectivity index (χ0) is 16.4. The first kappa shape index (κ1) is 19.3. The average molecular weight is 325 g/mol. The van der Waals surface area contributed by atoms with E-state index in [1.807, 2.05) is 13.8 Å². The van der Waals surface area contributed by atoms with Crippen LogP contribution in [0.1, 0.15) is 63.5 Å². The zero-order valence-corrected chi connectivity index (χ0v) is 15.3. The van der Waals surface area contributed by atoms with Gasteiger partial charge in [-0.15, -0.1) is 0 Å². The first-order chi connectivity index (χ1) is 10.7. The molecule has 126 valence electrons. The molecule has 1 aliphatic rings. The van der Waals surface area contributed by atoms with Crippen LogP contribution >= 0.6 is 0 Å². The molecule has 1 aromatic carbocycles. The van der Waals surface area contributed by atoms with Crippen LogP contribution in [0.25, 0.3) is 0 Å². The molecular weight excluding hydrogens is 292 g/mol. The summed E-state index contributed by atoms with van der Waals surface area (Å²) >= 11 is -1.11. The monoisotopic (exact) mass is 324 g/mol. The molecule has 1 saturated carbocycles. The van der Waals surface area contributed by atoms with Crippen molar-refractivity contribution < 1.29 is 4.21 Å². The maximum absolute atomic E-state index is 11.2. The van der Waals surface area contributed by atoms with Gasteiger partial charge in [-0.05, 0) is 49.3 Å². The molecule has 0 bridgehead atoms. The van der Waals surface area contributed by atoms with Crippen molar-refractivity contribution >= 4 is 11.2 Å². The van der Waals surface area contributed by atoms with E-state index in [2.05, 4.69) is 40.6 Å². The van der Waals surface area contributed by atoms with Gasteiger partial charge in [-0.3, -0.25) is 0 Å². The minimum absolute atomic E-state index is 0.730. The summed E-state index contributed by atoms with van der Waals surface area (Å²) in [6.45, 7) is 7.09. The van der Waals surface area contributed by atoms with Crippen LogP contribution in [0, 0.1) is 5.92 Å². The van der Waals surface area contributed by atoms with Gasteiger partial charge < -0.3 is 0 Å². The third kappa shape index (κ3) is 6.59. The summed E-state index contributed by atoms with van der Waals surface area (Å²) in [4.78, 5) is 0. The van der Waals surface area contributed by atoms with Gasteiger partial charge in [-0.25, -0.2) is 13.7 Å². The maximum Gasteiger partial charge on any atom is 0.166 e. The molecule has 0 radical (unpaired) electrons. The Morgan fingerprint density at radius 1 is 1.09 bits per heavy atom. The number of hydrogen-bond donors (Lipinski definition) is 2. The molecular formula is C18H32N2OS. The Morgan fingerprint density at radius 3 is 2.23 bits per heavy atom. The van der Waals surface area contributed by atoms with Gasteiger partial charge in [0.2, 0.25) is 0 Å². The average Bonchev–Trinajstić information content (AvgIpc) is 2.58. The molecule has 0 amide bonds. The van der Waals surface area contributed by atoms with Gasteiger partial charge in [0.25, 0.3) is 0 Å². The largest absolute Gasteiger partial charge is 0.228 e. The fourth-order valence-electron chi connectivity index (χ4n) is 2.91. The predicted octanol–water partition coefficient (Wildman–Crippen LogP) is 3.94. The second-order valence-corrected chi connectivity index (χ2v) is 7.05. The molecule has 1 atom stereocenters. The van der Waals surface area contributed by atoms with E-state index in [9.17, 15) is 4.21 Å². The van der Waals surface area contributed by atoms with Crippen LogP contribution in [-0.4, -0.2) is 17.8 Å². The molecule has 3 nitrogen and oxygen atoms in total. The molecule has 2 rings (SSSR count). The molecule has 2 N–H and O–H groups in total. The molecule has 1 fully saturated rings. The molecule has 1 unspecified atom stereocenters. The van der Waals surface area contributed by atoms with Gasteiger partial charge in [0.15, 0.2) is 11.2 Å². The maximum atomic E-state index is 11.2. The highest BCUT2D eigenvalue weighted by molar-refractivity contribution is 7.80. The van der Waals surface area contributed by atoms with Crippen LogP contribution in [0.2, 0.25) is 0 Å². The van der Waals surface area contributed by atoms with Crippen LogP contribution in [-0.2, 0) is 17.6 Å². The zero-order valence-electron chi connectivity index (χ0n) is 14.5. The number of nitrogens with one attached hydrogen (secondary N) is 2. The summed E-state index contributed by atoms with van der Waals surface area (Å²) in [7, 11) is 1.68. The topological polar surface area (TPSA) is 41.1 Å². The third-order valence-corrected chi connectivity index (χ3v) is 5.14. The molecule has 4 heteroatoms. The highest BCUT2D eigenvalue weighted by Gasteiger charge is 2.19. The highest BCUT2D eigenvalue weighted by atomic mass is 32.2. The quantitative estimate of drug-likeness (QED) is 0.817. The predicted molar refractivity (Wildman–Crippen MR) is 97.1 cm³/mol. The molecule has 0 spiro atoms. The van der Waals surface area contributed by atoms with Crippen LogP contribution in [0.4, 0.5) is 0 Å². The van der Waals surface area contributed by atoms with Crippen molar-refractivity contribution in [2.24, 2.45) is 5.92 Å². The van der Waals surface area contributed by atoms with E-state index in [-0.39, 0.29) is 0 Å². The van der Waals surface area contributed by atoms with Gasteiger partial charge in [-0.1, -0.05) is 57.9 Å². The summed E-state index contributed by atoms with van der Waals surface area (Å²) in [5.41, 5.74) is 2.80. The summed E-state index contributed by atoms with van der Waals surface area (Å²) < 4.78 is 16.8. The van der Waals surface area contributed by atoms with Crippen LogP contribution in [0.3, 0.4) is 0 Å². The lowest BCUT2D eigenvalue weighted by molar-refractivity contribution is 0.348. The highest BCUT2D eigenvalue weighted by Crippen LogP contribution is 2.35. The van der Waals surface area contributed by atoms with Crippen LogP contribution in [0.15, 0.2) is 24.3 Å². The van der Waals surface area contributed by atoms with E-state index < -0.39 is 11.2 Å². The lowest BCUT2D eigenvalue weighted by atomic mass is 9.79. The normalized spacial score (nSPS) is 22.5. The SMILES string of the molecule is CC.CNS(=O)NCCc1ccc(C2CCC(C)CC2)cc1. The Kier molecular flexibility index (Phi) is 9.60. The van der Waals surface area contributed by atoms with Gasteiger partial charge in [-0.2, -0.15) is 0 Å². The Bertz CT molecular complexity index is 425. The smallest absolute Gasteiger partial charge is 0.166 e. The standard InChI is InChI=1S/C16H26N2OS.C2H6/c1-13-3-7-15(8-4-13)16-9-5-14(6-10-16)11-12-18-20(19)17-2;1-2/h5-6,9-10,13,15,17-18H,3-4,7-8,11-12H2,1-2H3;1-2H3. The van der Waals surface area contributed by atoms with Crippen molar-refractivity contribution in [3.05, 3.63) is 35.4 Å². The Balaban J connectivity index is 0.00000116. The minimum atomic E-state index is -1.11. The first-order valence-corrected chi connectivity index (χ1v) is 9.75. The molecule has 1 aliphatic carbocycles. The van der Waals surface area contributed by atoms with Crippen molar-refractivity contribution in [1.82, 2.24) is 9.44 Å². The van der Waals surface area contributed by atoms with Crippen LogP contribution < -0.4 is 9.44 Å². The second-order valence-electron chi connectivity index (χ2n) is 5.82. The van der Waals surface area contributed by atoms with Crippen molar-refractivity contribution in [1.29, 1.82) is 0 Å². The fourth-order valence-corrected chi connectivity index (χ4v) is 3.34. The van der Waals surface area contributed by atoms with Crippen molar-refractivity contribution in [2.75, 3.05) is 13.6 Å². The summed E-state index contributed by atoms with van der Waals surface area (Å²) in [5.74, 6) is 1.67. The van der Waals surface area contributed by atoms with E-state index in [0.717, 1.165) is 24.8 Å². The Hall–Kier alpha value is -0.710. The summed E-state index contributed by atoms with van der Waals surface area (Å²) in [6, 6.07) is 9.00. The molecule has 1 aromatic rings. The molecule has 0 heterocycles. The lowest BCUT2D eigenvalue weighted by Crippen LogP contribution is -2.28. The summed E-state index contributed by atoms with van der Waals surface area (Å²) in [5, 5.41) is 0. The fraction of sp³-hybridized carbons (Fsp3) is 0.667. The van der Waals surface area contributed by atoms with Gasteiger partial charge >= 0.3 is 0 Å². The van der Waals surface area contributed by atoms with Crippen molar-refractivity contribution in [3.63, 3.8) is 0 Å². The molecule has 22 heavy (non-hydrogen) atoms. The van der Waals surface area contributed by atoms with Crippen LogP contribution in [0.5, 0.6) is 0 Å². The number of benzene rings is 1. The van der Waals surface area contributed by atoms with E-state index >= 15 is 0 Å². The van der Waals surface area contributed by atoms with E-state index in [0.29, 0.717) is 0 Å². The van der Waals surface area contributed by atoms with E-state index in [4.69, 9.17) is 0 Å². The van der Waals surface area contributed by atoms with E-state index in [1.54, 1.807) is 7.05 Å². The third-order valence-electron chi connectivity index (χ3n) is 4.30. The van der Waals surface area contributed by atoms with E-state index in [1.165, 1.54) is 36.8 Å². The van der Waals surface area contributed by atoms with Gasteiger partial charge in [0, 0.05) is 6.54 Å². The Morgan fingerprint density at radius 2 is 1.68 bits per heavy atom. The van der Waals surface area contributed by atoms with Crippen molar-refractivity contribution in [3.8, 4) is 0 Å². The molecule has 0 aliphatic heterocycles. The van der Waals surface area contributed by atoms with Gasteiger partial charge in [0.05, 0.1) is 0 Å². The molecule has 0 aromatic heterocycles. The Labute approximate surface area is 139 Å². The number of rotatable bonds is 6. The first-order valence-electron chi connectivity index (χ1n) is 8.60. The lowest BCUT2D eigenvalue weighted by Gasteiger charge is -2.26. The number of hydrogen-bond acceptors (Lipinski definition) is 1. The second kappa shape index (κ2) is 10.9. The minimum Gasteiger partial charge on any atom is -0.228 e. The summed E-state index contributed by atoms with van der Waals surface area (Å²) in [6.07, 6.45) is 6.32. The van der Waals surface area contributed by atoms with Gasteiger partial charge in [0.1, 0.15) is 0 Å².